The molecule has 1 fully saturated rings. The van der Waals surface area contributed by atoms with Gasteiger partial charge >= 0.3 is 0 Å². The fourth-order valence-electron chi connectivity index (χ4n) is 2.21. The summed E-state index contributed by atoms with van der Waals surface area (Å²) in [7, 11) is 0. The quantitative estimate of drug-likeness (QED) is 0.865. The number of hydrogen-bond donors (Lipinski definition) is 1. The molecule has 0 unspecified atom stereocenters. The lowest BCUT2D eigenvalue weighted by molar-refractivity contribution is 0.0725. The molecular weight excluding hydrogens is 216 g/mol. The lowest BCUT2D eigenvalue weighted by atomic mass is 10.1. The van der Waals surface area contributed by atoms with Crippen molar-refractivity contribution in [2.75, 3.05) is 18.8 Å². The number of aromatic nitrogens is 2. The van der Waals surface area contributed by atoms with Gasteiger partial charge in [-0.1, -0.05) is 6.92 Å². The highest BCUT2D eigenvalue weighted by Gasteiger charge is 2.22. The van der Waals surface area contributed by atoms with E-state index in [1.54, 1.807) is 10.9 Å². The topological polar surface area (TPSA) is 64.2 Å². The fraction of sp³-hybridized carbons (Fsp3) is 0.667. The van der Waals surface area contributed by atoms with E-state index in [1.807, 2.05) is 4.90 Å². The van der Waals surface area contributed by atoms with Gasteiger partial charge in [0, 0.05) is 25.8 Å². The van der Waals surface area contributed by atoms with Gasteiger partial charge < -0.3 is 10.6 Å². The van der Waals surface area contributed by atoms with E-state index < -0.39 is 0 Å². The second kappa shape index (κ2) is 5.21. The number of hydrogen-bond acceptors (Lipinski definition) is 3. The summed E-state index contributed by atoms with van der Waals surface area (Å²) < 4.78 is 1.76. The van der Waals surface area contributed by atoms with Crippen LogP contribution in [0.2, 0.25) is 0 Å². The van der Waals surface area contributed by atoms with Crippen molar-refractivity contribution >= 4 is 11.7 Å². The number of nitrogens with two attached hydrogens (primary N) is 1. The Balaban J connectivity index is 2.12. The molecule has 0 atom stereocenters. The van der Waals surface area contributed by atoms with E-state index in [-0.39, 0.29) is 5.91 Å². The van der Waals surface area contributed by atoms with Crippen LogP contribution in [0.5, 0.6) is 0 Å². The van der Waals surface area contributed by atoms with E-state index in [0.29, 0.717) is 11.4 Å². The zero-order chi connectivity index (χ0) is 12.3. The normalized spacial score (nSPS) is 16.2. The van der Waals surface area contributed by atoms with Crippen LogP contribution in [0.4, 0.5) is 5.82 Å². The first kappa shape index (κ1) is 12.0. The molecule has 1 aromatic heterocycles. The number of nitrogen functional groups attached to an aromatic ring is 1. The third-order valence-corrected chi connectivity index (χ3v) is 3.12. The van der Waals surface area contributed by atoms with Crippen LogP contribution in [0, 0.1) is 0 Å². The van der Waals surface area contributed by atoms with E-state index in [2.05, 4.69) is 12.0 Å². The van der Waals surface area contributed by atoms with Crippen LogP contribution < -0.4 is 5.73 Å². The van der Waals surface area contributed by atoms with Crippen molar-refractivity contribution in [2.24, 2.45) is 0 Å². The number of nitrogens with zero attached hydrogens (tertiary/aromatic N) is 3. The van der Waals surface area contributed by atoms with Crippen LogP contribution in [0.3, 0.4) is 0 Å². The number of anilines is 1. The molecule has 0 saturated carbocycles. The third kappa shape index (κ3) is 2.60. The molecule has 5 heteroatoms. The number of piperidine rings is 1. The molecule has 5 nitrogen and oxygen atoms in total. The predicted octanol–water partition coefficient (Wildman–Crippen LogP) is 1.50. The summed E-state index contributed by atoms with van der Waals surface area (Å²) in [6.45, 7) is 4.57. The van der Waals surface area contributed by atoms with Gasteiger partial charge in [0.25, 0.3) is 5.91 Å². The van der Waals surface area contributed by atoms with Gasteiger partial charge in [-0.3, -0.25) is 9.48 Å². The van der Waals surface area contributed by atoms with Crippen LogP contribution in [0.25, 0.3) is 0 Å². The highest BCUT2D eigenvalue weighted by molar-refractivity contribution is 5.98. The largest absolute Gasteiger partial charge is 0.382 e. The molecule has 1 aliphatic rings. The maximum atomic E-state index is 12.2. The molecule has 1 amide bonds. The predicted molar refractivity (Wildman–Crippen MR) is 66.7 cm³/mol. The summed E-state index contributed by atoms with van der Waals surface area (Å²) in [5.41, 5.74) is 6.36. The molecule has 1 aromatic rings. The molecule has 0 spiro atoms. The van der Waals surface area contributed by atoms with Gasteiger partial charge in [0.15, 0.2) is 5.82 Å². The lowest BCUT2D eigenvalue weighted by Crippen LogP contribution is -2.35. The molecule has 0 radical (unpaired) electrons. The summed E-state index contributed by atoms with van der Waals surface area (Å²) >= 11 is 0. The number of rotatable bonds is 3. The molecule has 1 aliphatic heterocycles. The highest BCUT2D eigenvalue weighted by Crippen LogP contribution is 2.16. The zero-order valence-electron chi connectivity index (χ0n) is 10.4. The maximum Gasteiger partial charge on any atom is 0.259 e. The summed E-state index contributed by atoms with van der Waals surface area (Å²) in [4.78, 5) is 14.1. The number of carbonyl (C=O) groups excluding carboxylic acids is 1. The molecule has 0 bridgehead atoms. The van der Waals surface area contributed by atoms with Crippen LogP contribution >= 0.6 is 0 Å². The van der Waals surface area contributed by atoms with Gasteiger partial charge in [0.05, 0.1) is 0 Å². The molecule has 0 aromatic carbocycles. The highest BCUT2D eigenvalue weighted by atomic mass is 16.2. The van der Waals surface area contributed by atoms with Gasteiger partial charge in [-0.05, 0) is 25.7 Å². The Bertz CT molecular complexity index is 393. The Morgan fingerprint density at radius 3 is 2.76 bits per heavy atom. The van der Waals surface area contributed by atoms with Crippen LogP contribution in [-0.4, -0.2) is 33.7 Å². The Kier molecular flexibility index (Phi) is 3.66. The average molecular weight is 236 g/mol. The molecule has 94 valence electrons. The first-order chi connectivity index (χ1) is 8.22. The number of amides is 1. The van der Waals surface area contributed by atoms with Crippen molar-refractivity contribution in [2.45, 2.75) is 39.2 Å². The Morgan fingerprint density at radius 1 is 1.41 bits per heavy atom. The third-order valence-electron chi connectivity index (χ3n) is 3.12. The molecule has 0 aliphatic carbocycles. The summed E-state index contributed by atoms with van der Waals surface area (Å²) in [6, 6.07) is 0. The molecule has 1 saturated heterocycles. The van der Waals surface area contributed by atoms with Crippen molar-refractivity contribution in [3.63, 3.8) is 0 Å². The van der Waals surface area contributed by atoms with E-state index >= 15 is 0 Å². The summed E-state index contributed by atoms with van der Waals surface area (Å²) in [5.74, 6) is 0.388. The van der Waals surface area contributed by atoms with Crippen molar-refractivity contribution < 1.29 is 4.79 Å². The van der Waals surface area contributed by atoms with E-state index in [9.17, 15) is 4.79 Å². The minimum absolute atomic E-state index is 0.0320. The van der Waals surface area contributed by atoms with Gasteiger partial charge in [-0.15, -0.1) is 0 Å². The lowest BCUT2D eigenvalue weighted by Gasteiger charge is -2.26. The van der Waals surface area contributed by atoms with Crippen molar-refractivity contribution in [1.82, 2.24) is 14.7 Å². The molecule has 2 heterocycles. The Labute approximate surface area is 102 Å². The fourth-order valence-corrected chi connectivity index (χ4v) is 2.21. The molecule has 17 heavy (non-hydrogen) atoms. The first-order valence-electron chi connectivity index (χ1n) is 6.34. The Hall–Kier alpha value is -1.52. The van der Waals surface area contributed by atoms with Gasteiger partial charge in [-0.25, -0.2) is 0 Å². The minimum atomic E-state index is 0.0320. The van der Waals surface area contributed by atoms with Crippen molar-refractivity contribution in [1.29, 1.82) is 0 Å². The molecular formula is C12H20N4O. The van der Waals surface area contributed by atoms with Crippen molar-refractivity contribution in [3.05, 3.63) is 11.8 Å². The number of aryl methyl sites for hydroxylation is 1. The Morgan fingerprint density at radius 2 is 2.12 bits per heavy atom. The minimum Gasteiger partial charge on any atom is -0.382 e. The standard InChI is InChI=1S/C12H20N4O/c1-2-6-16-9-10(11(13)14-16)12(17)15-7-4-3-5-8-15/h9H,2-8H2,1H3,(H2,13,14). The second-order valence-corrected chi connectivity index (χ2v) is 4.54. The molecule has 2 rings (SSSR count). The number of carbonyl (C=O) groups is 1. The number of likely N-dealkylation sites (tertiary alicyclic amines) is 1. The average Bonchev–Trinajstić information content (AvgIpc) is 2.71. The van der Waals surface area contributed by atoms with Gasteiger partial charge in [0.1, 0.15) is 5.56 Å². The summed E-state index contributed by atoms with van der Waals surface area (Å²) in [6.07, 6.45) is 6.16. The van der Waals surface area contributed by atoms with E-state index in [0.717, 1.165) is 38.9 Å². The molecule has 2 N–H and O–H groups in total. The first-order valence-corrected chi connectivity index (χ1v) is 6.34. The zero-order valence-corrected chi connectivity index (χ0v) is 10.4. The van der Waals surface area contributed by atoms with Gasteiger partial charge in [-0.2, -0.15) is 5.10 Å². The maximum absolute atomic E-state index is 12.2. The summed E-state index contributed by atoms with van der Waals surface area (Å²) in [5, 5.41) is 4.16. The van der Waals surface area contributed by atoms with E-state index in [1.165, 1.54) is 6.42 Å². The van der Waals surface area contributed by atoms with Gasteiger partial charge in [0.2, 0.25) is 0 Å². The van der Waals surface area contributed by atoms with Crippen LogP contribution in [0.15, 0.2) is 6.20 Å². The van der Waals surface area contributed by atoms with Crippen molar-refractivity contribution in [3.8, 4) is 0 Å². The van der Waals surface area contributed by atoms with E-state index in [4.69, 9.17) is 5.73 Å². The SMILES string of the molecule is CCCn1cc(C(=O)N2CCCCC2)c(N)n1. The smallest absolute Gasteiger partial charge is 0.259 e. The van der Waals surface area contributed by atoms with Crippen LogP contribution in [-0.2, 0) is 6.54 Å². The monoisotopic (exact) mass is 236 g/mol. The van der Waals surface area contributed by atoms with Crippen LogP contribution in [0.1, 0.15) is 43.0 Å². The second-order valence-electron chi connectivity index (χ2n) is 4.54.